The molecule has 0 saturated heterocycles. The van der Waals surface area contributed by atoms with Gasteiger partial charge in [0.05, 0.1) is 10.7 Å². The second-order valence-corrected chi connectivity index (χ2v) is 5.46. The summed E-state index contributed by atoms with van der Waals surface area (Å²) in [6, 6.07) is 9.14. The Balaban J connectivity index is 2.11. The van der Waals surface area contributed by atoms with Gasteiger partial charge in [-0.15, -0.1) is 0 Å². The highest BCUT2D eigenvalue weighted by atomic mass is 35.5. The zero-order valence-corrected chi connectivity index (χ0v) is 12.8. The molecule has 0 aliphatic heterocycles. The molecule has 1 amide bonds. The number of rotatable bonds is 2. The molecule has 0 aromatic heterocycles. The highest BCUT2D eigenvalue weighted by Gasteiger charge is 2.09. The SMILES string of the molecule is O=C(Nc1cc(Cl)ccc1Cl)Oc1cc(Cl)cc(Cl)c1. The van der Waals surface area contributed by atoms with Crippen molar-refractivity contribution in [1.82, 2.24) is 0 Å². The molecule has 20 heavy (non-hydrogen) atoms. The molecule has 2 aromatic rings. The third-order valence-corrected chi connectivity index (χ3v) is 3.21. The fraction of sp³-hybridized carbons (Fsp3) is 0. The van der Waals surface area contributed by atoms with Gasteiger partial charge in [-0.3, -0.25) is 5.32 Å². The highest BCUT2D eigenvalue weighted by Crippen LogP contribution is 2.27. The lowest BCUT2D eigenvalue weighted by molar-refractivity contribution is 0.215. The molecule has 0 aliphatic carbocycles. The molecule has 104 valence electrons. The van der Waals surface area contributed by atoms with Crippen molar-refractivity contribution < 1.29 is 9.53 Å². The third kappa shape index (κ3) is 4.18. The second-order valence-electron chi connectivity index (χ2n) is 3.74. The Morgan fingerprint density at radius 1 is 0.900 bits per heavy atom. The fourth-order valence-electron chi connectivity index (χ4n) is 1.42. The van der Waals surface area contributed by atoms with Crippen molar-refractivity contribution in [1.29, 1.82) is 0 Å². The summed E-state index contributed by atoms with van der Waals surface area (Å²) >= 11 is 23.3. The number of carbonyl (C=O) groups excluding carboxylic acids is 1. The van der Waals surface area contributed by atoms with Gasteiger partial charge >= 0.3 is 6.09 Å². The second kappa shape index (κ2) is 6.55. The summed E-state index contributed by atoms with van der Waals surface area (Å²) in [6.45, 7) is 0. The fourth-order valence-corrected chi connectivity index (χ4v) is 2.27. The van der Waals surface area contributed by atoms with Crippen LogP contribution in [-0.2, 0) is 0 Å². The number of anilines is 1. The van der Waals surface area contributed by atoms with Crippen molar-refractivity contribution >= 4 is 58.2 Å². The van der Waals surface area contributed by atoms with Crippen LogP contribution in [-0.4, -0.2) is 6.09 Å². The molecule has 3 nitrogen and oxygen atoms in total. The molecule has 0 unspecified atom stereocenters. The van der Waals surface area contributed by atoms with Crippen LogP contribution in [0.1, 0.15) is 0 Å². The van der Waals surface area contributed by atoms with Crippen molar-refractivity contribution in [2.24, 2.45) is 0 Å². The van der Waals surface area contributed by atoms with Gasteiger partial charge in [-0.1, -0.05) is 46.4 Å². The standard InChI is InChI=1S/C13H7Cl4NO2/c14-7-1-2-11(17)12(6-7)18-13(19)20-10-4-8(15)3-9(16)5-10/h1-6H,(H,18,19). The first-order valence-electron chi connectivity index (χ1n) is 5.34. The van der Waals surface area contributed by atoms with Crippen LogP contribution in [0, 0.1) is 0 Å². The Hall–Kier alpha value is -1.13. The van der Waals surface area contributed by atoms with Crippen LogP contribution in [0.4, 0.5) is 10.5 Å². The van der Waals surface area contributed by atoms with Crippen molar-refractivity contribution in [3.8, 4) is 5.75 Å². The van der Waals surface area contributed by atoms with E-state index in [0.717, 1.165) is 0 Å². The van der Waals surface area contributed by atoms with Gasteiger partial charge in [0.2, 0.25) is 0 Å². The van der Waals surface area contributed by atoms with Crippen molar-refractivity contribution in [2.75, 3.05) is 5.32 Å². The number of benzene rings is 2. The molecular weight excluding hydrogens is 344 g/mol. The van der Waals surface area contributed by atoms with E-state index in [1.54, 1.807) is 12.1 Å². The maximum absolute atomic E-state index is 11.7. The van der Waals surface area contributed by atoms with Gasteiger partial charge in [-0.05, 0) is 36.4 Å². The minimum absolute atomic E-state index is 0.221. The molecule has 0 spiro atoms. The topological polar surface area (TPSA) is 38.3 Å². The number of carbonyl (C=O) groups is 1. The normalized spacial score (nSPS) is 10.2. The molecular formula is C13H7Cl4NO2. The van der Waals surface area contributed by atoms with Crippen LogP contribution in [0.3, 0.4) is 0 Å². The first-order chi connectivity index (χ1) is 9.44. The largest absolute Gasteiger partial charge is 0.417 e. The zero-order valence-electron chi connectivity index (χ0n) is 9.79. The Morgan fingerprint density at radius 2 is 1.55 bits per heavy atom. The summed E-state index contributed by atoms with van der Waals surface area (Å²) in [4.78, 5) is 11.7. The maximum Gasteiger partial charge on any atom is 0.417 e. The minimum atomic E-state index is -0.729. The van der Waals surface area contributed by atoms with Gasteiger partial charge in [0, 0.05) is 15.1 Å². The molecule has 2 aromatic carbocycles. The van der Waals surface area contributed by atoms with Gasteiger partial charge in [0.25, 0.3) is 0 Å². The molecule has 0 saturated carbocycles. The predicted molar refractivity (Wildman–Crippen MR) is 82.6 cm³/mol. The van der Waals surface area contributed by atoms with Gasteiger partial charge in [0.15, 0.2) is 0 Å². The van der Waals surface area contributed by atoms with Crippen molar-refractivity contribution in [3.63, 3.8) is 0 Å². The third-order valence-electron chi connectivity index (χ3n) is 2.21. The van der Waals surface area contributed by atoms with Gasteiger partial charge < -0.3 is 4.74 Å². The minimum Gasteiger partial charge on any atom is -0.410 e. The highest BCUT2D eigenvalue weighted by molar-refractivity contribution is 6.36. The van der Waals surface area contributed by atoms with Crippen LogP contribution in [0.5, 0.6) is 5.75 Å². The average molecular weight is 351 g/mol. The number of halogens is 4. The van der Waals surface area contributed by atoms with Crippen LogP contribution in [0.2, 0.25) is 20.1 Å². The Bertz CT molecular complexity index is 641. The van der Waals surface area contributed by atoms with E-state index in [-0.39, 0.29) is 5.75 Å². The van der Waals surface area contributed by atoms with E-state index in [1.165, 1.54) is 24.3 Å². The number of ether oxygens (including phenoxy) is 1. The molecule has 0 atom stereocenters. The summed E-state index contributed by atoms with van der Waals surface area (Å²) in [6.07, 6.45) is -0.729. The quantitative estimate of drug-likeness (QED) is 0.730. The van der Waals surface area contributed by atoms with Crippen LogP contribution < -0.4 is 10.1 Å². The molecule has 0 fully saturated rings. The number of hydrogen-bond acceptors (Lipinski definition) is 2. The van der Waals surface area contributed by atoms with Crippen molar-refractivity contribution in [3.05, 3.63) is 56.5 Å². The van der Waals surface area contributed by atoms with E-state index in [4.69, 9.17) is 51.1 Å². The summed E-state index contributed by atoms with van der Waals surface area (Å²) in [5.74, 6) is 0.221. The number of amides is 1. The molecule has 2 rings (SSSR count). The van der Waals surface area contributed by atoms with Crippen LogP contribution >= 0.6 is 46.4 Å². The Morgan fingerprint density at radius 3 is 2.20 bits per heavy atom. The number of nitrogens with one attached hydrogen (secondary N) is 1. The Labute approximate surface area is 135 Å². The zero-order chi connectivity index (χ0) is 14.7. The van der Waals surface area contributed by atoms with Crippen LogP contribution in [0.25, 0.3) is 0 Å². The summed E-state index contributed by atoms with van der Waals surface area (Å²) in [7, 11) is 0. The first-order valence-corrected chi connectivity index (χ1v) is 6.85. The van der Waals surface area contributed by atoms with E-state index < -0.39 is 6.09 Å². The molecule has 7 heteroatoms. The molecule has 0 radical (unpaired) electrons. The predicted octanol–water partition coefficient (Wildman–Crippen LogP) is 5.91. The smallest absolute Gasteiger partial charge is 0.410 e. The van der Waals surface area contributed by atoms with Gasteiger partial charge in [-0.25, -0.2) is 4.79 Å². The van der Waals surface area contributed by atoms with Gasteiger partial charge in [0.1, 0.15) is 5.75 Å². The van der Waals surface area contributed by atoms with E-state index in [2.05, 4.69) is 5.32 Å². The average Bonchev–Trinajstić information content (AvgIpc) is 2.32. The number of hydrogen-bond donors (Lipinski definition) is 1. The summed E-state index contributed by atoms with van der Waals surface area (Å²) in [5.41, 5.74) is 0.345. The Kier molecular flexibility index (Phi) is 5.00. The lowest BCUT2D eigenvalue weighted by Crippen LogP contribution is -2.17. The monoisotopic (exact) mass is 349 g/mol. The molecule has 0 heterocycles. The van der Waals surface area contributed by atoms with E-state index in [1.807, 2.05) is 0 Å². The maximum atomic E-state index is 11.7. The lowest BCUT2D eigenvalue weighted by atomic mass is 10.3. The first kappa shape index (κ1) is 15.3. The molecule has 0 aliphatic rings. The summed E-state index contributed by atoms with van der Waals surface area (Å²) < 4.78 is 5.05. The van der Waals surface area contributed by atoms with Gasteiger partial charge in [-0.2, -0.15) is 0 Å². The van der Waals surface area contributed by atoms with Crippen LogP contribution in [0.15, 0.2) is 36.4 Å². The van der Waals surface area contributed by atoms with E-state index >= 15 is 0 Å². The van der Waals surface area contributed by atoms with Crippen molar-refractivity contribution in [2.45, 2.75) is 0 Å². The molecule has 1 N–H and O–H groups in total. The van der Waals surface area contributed by atoms with E-state index in [9.17, 15) is 4.79 Å². The lowest BCUT2D eigenvalue weighted by Gasteiger charge is -2.09. The molecule has 0 bridgehead atoms. The van der Waals surface area contributed by atoms with E-state index in [0.29, 0.717) is 25.8 Å². The summed E-state index contributed by atoms with van der Waals surface area (Å²) in [5, 5.41) is 3.98.